The zero-order valence-corrected chi connectivity index (χ0v) is 11.9. The van der Waals surface area contributed by atoms with E-state index >= 15 is 0 Å². The molecule has 0 saturated heterocycles. The largest absolute Gasteiger partial charge is 0.299 e. The van der Waals surface area contributed by atoms with Gasteiger partial charge < -0.3 is 0 Å². The molecule has 0 saturated carbocycles. The van der Waals surface area contributed by atoms with Crippen molar-refractivity contribution >= 4 is 22.9 Å². The van der Waals surface area contributed by atoms with Gasteiger partial charge in [0.05, 0.1) is 18.1 Å². The van der Waals surface area contributed by atoms with Gasteiger partial charge in [0, 0.05) is 24.3 Å². The molecule has 2 heterocycles. The molecule has 3 nitrogen and oxygen atoms in total. The van der Waals surface area contributed by atoms with Gasteiger partial charge in [-0.2, -0.15) is 0 Å². The molecule has 0 spiro atoms. The van der Waals surface area contributed by atoms with Gasteiger partial charge in [-0.05, 0) is 31.2 Å². The Labute approximate surface area is 116 Å². The molecule has 0 fully saturated rings. The average Bonchev–Trinajstić information content (AvgIpc) is 2.85. The molecule has 96 valence electrons. The first-order valence-corrected chi connectivity index (χ1v) is 7.26. The van der Waals surface area contributed by atoms with Crippen molar-refractivity contribution in [3.05, 3.63) is 46.2 Å². The third-order valence-corrected chi connectivity index (χ3v) is 3.83. The summed E-state index contributed by atoms with van der Waals surface area (Å²) in [4.78, 5) is 10.8. The maximum atomic E-state index is 5.74. The van der Waals surface area contributed by atoms with Crippen molar-refractivity contribution in [1.82, 2.24) is 14.9 Å². The first kappa shape index (κ1) is 13.5. The molecular weight excluding hydrogens is 266 g/mol. The van der Waals surface area contributed by atoms with Crippen molar-refractivity contribution in [2.24, 2.45) is 0 Å². The number of pyridine rings is 1. The number of hydrogen-bond donors (Lipinski definition) is 0. The molecule has 0 aliphatic carbocycles. The van der Waals surface area contributed by atoms with Gasteiger partial charge >= 0.3 is 0 Å². The molecule has 0 amide bonds. The maximum absolute atomic E-state index is 5.74. The highest BCUT2D eigenvalue weighted by molar-refractivity contribution is 7.09. The highest BCUT2D eigenvalue weighted by atomic mass is 35.5. The van der Waals surface area contributed by atoms with Gasteiger partial charge in [0.15, 0.2) is 0 Å². The van der Waals surface area contributed by atoms with E-state index in [-0.39, 0.29) is 0 Å². The monoisotopic (exact) mass is 281 g/mol. The minimum Gasteiger partial charge on any atom is -0.299 e. The van der Waals surface area contributed by atoms with Crippen molar-refractivity contribution in [3.63, 3.8) is 0 Å². The molecule has 0 radical (unpaired) electrons. The Bertz CT molecular complexity index is 472. The fraction of sp³-hybridized carbons (Fsp3) is 0.385. The number of halogens is 1. The maximum Gasteiger partial charge on any atom is 0.107 e. The molecule has 2 aromatic heterocycles. The van der Waals surface area contributed by atoms with Crippen LogP contribution in [-0.4, -0.2) is 28.5 Å². The SMILES string of the molecule is CN(CCc1ccncc1)Cc1nc(CCl)cs1. The second-order valence-corrected chi connectivity index (χ2v) is 5.42. The van der Waals surface area contributed by atoms with Crippen LogP contribution in [-0.2, 0) is 18.8 Å². The van der Waals surface area contributed by atoms with Crippen LogP contribution in [0.4, 0.5) is 0 Å². The van der Waals surface area contributed by atoms with Gasteiger partial charge in [-0.1, -0.05) is 0 Å². The lowest BCUT2D eigenvalue weighted by atomic mass is 10.2. The van der Waals surface area contributed by atoms with Gasteiger partial charge in [-0.3, -0.25) is 9.88 Å². The second-order valence-electron chi connectivity index (χ2n) is 4.21. The van der Waals surface area contributed by atoms with E-state index in [2.05, 4.69) is 34.0 Å². The predicted octanol–water partition coefficient (Wildman–Crippen LogP) is 2.95. The molecule has 2 aromatic rings. The predicted molar refractivity (Wildman–Crippen MR) is 75.9 cm³/mol. The molecule has 5 heteroatoms. The van der Waals surface area contributed by atoms with Gasteiger partial charge in [-0.25, -0.2) is 4.98 Å². The molecule has 0 bridgehead atoms. The van der Waals surface area contributed by atoms with Crippen molar-refractivity contribution in [1.29, 1.82) is 0 Å². The van der Waals surface area contributed by atoms with Crippen LogP contribution in [0.1, 0.15) is 16.3 Å². The topological polar surface area (TPSA) is 29.0 Å². The molecule has 0 aliphatic heterocycles. The van der Waals surface area contributed by atoms with Gasteiger partial charge in [-0.15, -0.1) is 22.9 Å². The van der Waals surface area contributed by atoms with Crippen molar-refractivity contribution < 1.29 is 0 Å². The Balaban J connectivity index is 1.80. The minimum atomic E-state index is 0.497. The number of rotatable bonds is 6. The summed E-state index contributed by atoms with van der Waals surface area (Å²) in [5.41, 5.74) is 2.29. The summed E-state index contributed by atoms with van der Waals surface area (Å²) in [6, 6.07) is 4.12. The van der Waals surface area contributed by atoms with Crippen molar-refractivity contribution in [3.8, 4) is 0 Å². The normalized spacial score (nSPS) is 11.1. The first-order valence-electron chi connectivity index (χ1n) is 5.84. The molecular formula is C13H16ClN3S. The summed E-state index contributed by atoms with van der Waals surface area (Å²) in [5.74, 6) is 0.497. The van der Waals surface area contributed by atoms with E-state index in [1.54, 1.807) is 11.3 Å². The smallest absolute Gasteiger partial charge is 0.107 e. The lowest BCUT2D eigenvalue weighted by Gasteiger charge is -2.14. The van der Waals surface area contributed by atoms with E-state index in [1.807, 2.05) is 17.8 Å². The molecule has 18 heavy (non-hydrogen) atoms. The quantitative estimate of drug-likeness (QED) is 0.763. The highest BCUT2D eigenvalue weighted by Crippen LogP contribution is 2.13. The number of likely N-dealkylation sites (N-methyl/N-ethyl adjacent to an activating group) is 1. The molecule has 0 aliphatic rings. The summed E-state index contributed by atoms with van der Waals surface area (Å²) in [6.07, 6.45) is 4.71. The number of nitrogens with zero attached hydrogens (tertiary/aromatic N) is 3. The first-order chi connectivity index (χ1) is 8.78. The standard InChI is InChI=1S/C13H16ClN3S/c1-17(7-4-11-2-5-15-6-3-11)9-13-16-12(8-14)10-18-13/h2-3,5-6,10H,4,7-9H2,1H3. The summed E-state index contributed by atoms with van der Waals surface area (Å²) in [5, 5.41) is 3.15. The van der Waals surface area contributed by atoms with Crippen LogP contribution in [0.2, 0.25) is 0 Å². The zero-order chi connectivity index (χ0) is 12.8. The molecule has 0 aromatic carbocycles. The van der Waals surface area contributed by atoms with E-state index in [4.69, 9.17) is 11.6 Å². The Kier molecular flexibility index (Phi) is 5.11. The van der Waals surface area contributed by atoms with Crippen LogP contribution in [0.5, 0.6) is 0 Å². The van der Waals surface area contributed by atoms with Crippen molar-refractivity contribution in [2.75, 3.05) is 13.6 Å². The lowest BCUT2D eigenvalue weighted by molar-refractivity contribution is 0.330. The summed E-state index contributed by atoms with van der Waals surface area (Å²) in [7, 11) is 2.11. The van der Waals surface area contributed by atoms with E-state index in [1.165, 1.54) is 5.56 Å². The van der Waals surface area contributed by atoms with Gasteiger partial charge in [0.25, 0.3) is 0 Å². The van der Waals surface area contributed by atoms with Crippen LogP contribution >= 0.6 is 22.9 Å². The third kappa shape index (κ3) is 4.05. The van der Waals surface area contributed by atoms with Crippen LogP contribution in [0.3, 0.4) is 0 Å². The summed E-state index contributed by atoms with van der Waals surface area (Å²) >= 11 is 7.42. The number of thiazole rings is 1. The Hall–Kier alpha value is -0.970. The molecule has 2 rings (SSSR count). The highest BCUT2D eigenvalue weighted by Gasteiger charge is 2.05. The van der Waals surface area contributed by atoms with E-state index in [0.29, 0.717) is 5.88 Å². The Morgan fingerprint density at radius 2 is 2.11 bits per heavy atom. The Morgan fingerprint density at radius 1 is 1.33 bits per heavy atom. The number of alkyl halides is 1. The lowest BCUT2D eigenvalue weighted by Crippen LogP contribution is -2.20. The number of aromatic nitrogens is 2. The van der Waals surface area contributed by atoms with Crippen molar-refractivity contribution in [2.45, 2.75) is 18.8 Å². The minimum absolute atomic E-state index is 0.497. The fourth-order valence-electron chi connectivity index (χ4n) is 1.66. The second kappa shape index (κ2) is 6.83. The Morgan fingerprint density at radius 3 is 2.78 bits per heavy atom. The molecule has 0 unspecified atom stereocenters. The van der Waals surface area contributed by atoms with Crippen LogP contribution in [0.15, 0.2) is 29.9 Å². The van der Waals surface area contributed by atoms with Gasteiger partial charge in [0.2, 0.25) is 0 Å². The van der Waals surface area contributed by atoms with Crippen LogP contribution in [0, 0.1) is 0 Å². The average molecular weight is 282 g/mol. The number of hydrogen-bond acceptors (Lipinski definition) is 4. The van der Waals surface area contributed by atoms with Gasteiger partial charge in [0.1, 0.15) is 5.01 Å². The fourth-order valence-corrected chi connectivity index (χ4v) is 2.76. The third-order valence-electron chi connectivity index (χ3n) is 2.67. The van der Waals surface area contributed by atoms with E-state index in [0.717, 1.165) is 30.2 Å². The van der Waals surface area contributed by atoms with Crippen LogP contribution < -0.4 is 0 Å². The summed E-state index contributed by atoms with van der Waals surface area (Å²) < 4.78 is 0. The van der Waals surface area contributed by atoms with Crippen LogP contribution in [0.25, 0.3) is 0 Å². The summed E-state index contributed by atoms with van der Waals surface area (Å²) in [6.45, 7) is 1.90. The molecule has 0 atom stereocenters. The van der Waals surface area contributed by atoms with E-state index < -0.39 is 0 Å². The van der Waals surface area contributed by atoms with E-state index in [9.17, 15) is 0 Å². The molecule has 0 N–H and O–H groups in total. The zero-order valence-electron chi connectivity index (χ0n) is 10.3.